The van der Waals surface area contributed by atoms with Gasteiger partial charge in [0, 0.05) is 17.4 Å². The first-order chi connectivity index (χ1) is 17.6. The van der Waals surface area contributed by atoms with Crippen molar-refractivity contribution in [3.8, 4) is 11.1 Å². The van der Waals surface area contributed by atoms with E-state index in [0.717, 1.165) is 41.1 Å². The number of anilines is 2. The third-order valence-corrected chi connectivity index (χ3v) is 6.55. The van der Waals surface area contributed by atoms with Gasteiger partial charge < -0.3 is 15.7 Å². The molecule has 0 aliphatic heterocycles. The summed E-state index contributed by atoms with van der Waals surface area (Å²) in [5.74, 6) is -1.50. The number of carboxylic acid groups (broad SMARTS) is 1. The van der Waals surface area contributed by atoms with Crippen molar-refractivity contribution in [2.24, 2.45) is 0 Å². The summed E-state index contributed by atoms with van der Waals surface area (Å²) in [6, 6.07) is 14.3. The highest BCUT2D eigenvalue weighted by atomic mass is 32.1. The third kappa shape index (κ3) is 6.42. The van der Waals surface area contributed by atoms with Crippen molar-refractivity contribution in [2.75, 3.05) is 5.32 Å². The van der Waals surface area contributed by atoms with Gasteiger partial charge in [-0.2, -0.15) is 18.2 Å². The number of halogens is 3. The molecule has 1 atom stereocenters. The van der Waals surface area contributed by atoms with Crippen LogP contribution >= 0.6 is 11.3 Å². The first-order valence-electron chi connectivity index (χ1n) is 11.5. The quantitative estimate of drug-likeness (QED) is 0.229. The Kier molecular flexibility index (Phi) is 7.72. The lowest BCUT2D eigenvalue weighted by molar-refractivity contribution is -0.139. The monoisotopic (exact) mass is 528 g/mol. The first-order valence-corrected chi connectivity index (χ1v) is 12.3. The molecule has 0 bridgehead atoms. The van der Waals surface area contributed by atoms with E-state index in [1.807, 2.05) is 31.2 Å². The molecule has 4 rings (SSSR count). The number of nitrogens with zero attached hydrogens (tertiary/aromatic N) is 2. The minimum atomic E-state index is -4.47. The van der Waals surface area contributed by atoms with E-state index < -0.39 is 29.7 Å². The number of alkyl halides is 3. The number of hydrogen-bond acceptors (Lipinski definition) is 6. The molecule has 1 amide bonds. The van der Waals surface area contributed by atoms with E-state index in [4.69, 9.17) is 0 Å². The van der Waals surface area contributed by atoms with Gasteiger partial charge in [-0.05, 0) is 47.9 Å². The smallest absolute Gasteiger partial charge is 0.417 e. The molecule has 192 valence electrons. The van der Waals surface area contributed by atoms with Crippen LogP contribution in [0.1, 0.15) is 42.1 Å². The van der Waals surface area contributed by atoms with Gasteiger partial charge in [0.2, 0.25) is 0 Å². The van der Waals surface area contributed by atoms with Crippen molar-refractivity contribution in [3.05, 3.63) is 71.9 Å². The summed E-state index contributed by atoms with van der Waals surface area (Å²) in [7, 11) is 0. The van der Waals surface area contributed by atoms with Gasteiger partial charge in [0.1, 0.15) is 6.04 Å². The lowest BCUT2D eigenvalue weighted by Crippen LogP contribution is -2.40. The molecule has 7 nitrogen and oxygen atoms in total. The number of thiazole rings is 1. The molecular formula is C26H23F3N4O3S. The molecule has 3 N–H and O–H groups in total. The number of carbonyl (C=O) groups excluding carboxylic acids is 1. The molecule has 0 saturated heterocycles. The van der Waals surface area contributed by atoms with Gasteiger partial charge >= 0.3 is 12.1 Å². The topological polar surface area (TPSA) is 104 Å². The van der Waals surface area contributed by atoms with Crippen molar-refractivity contribution >= 4 is 44.4 Å². The van der Waals surface area contributed by atoms with Gasteiger partial charge in [-0.1, -0.05) is 55.4 Å². The third-order valence-electron chi connectivity index (χ3n) is 5.64. The largest absolute Gasteiger partial charge is 0.480 e. The Morgan fingerprint density at radius 3 is 2.30 bits per heavy atom. The number of pyridine rings is 1. The number of nitrogens with one attached hydrogen (secondary N) is 2. The van der Waals surface area contributed by atoms with Crippen molar-refractivity contribution in [1.29, 1.82) is 0 Å². The number of rotatable bonds is 9. The maximum atomic E-state index is 12.9. The van der Waals surface area contributed by atoms with E-state index in [0.29, 0.717) is 33.9 Å². The van der Waals surface area contributed by atoms with E-state index in [9.17, 15) is 27.9 Å². The molecule has 11 heteroatoms. The summed E-state index contributed by atoms with van der Waals surface area (Å²) in [6.45, 7) is 1.95. The fraction of sp³-hybridized carbons (Fsp3) is 0.231. The number of aliphatic carboxylic acids is 1. The summed E-state index contributed by atoms with van der Waals surface area (Å²) in [6.07, 6.45) is -1.78. The van der Waals surface area contributed by atoms with E-state index in [-0.39, 0.29) is 5.65 Å². The second kappa shape index (κ2) is 11.0. The molecule has 2 aromatic carbocycles. The second-order valence-corrected chi connectivity index (χ2v) is 9.38. The molecule has 0 aliphatic carbocycles. The van der Waals surface area contributed by atoms with Crippen LogP contribution in [0.3, 0.4) is 0 Å². The maximum absolute atomic E-state index is 12.9. The Balaban J connectivity index is 1.42. The van der Waals surface area contributed by atoms with Crippen LogP contribution < -0.4 is 10.6 Å². The van der Waals surface area contributed by atoms with Crippen molar-refractivity contribution in [3.63, 3.8) is 0 Å². The SMILES string of the molecule is CCCC[C@H](NC(=O)c1ccc(-c2ccc(Nc3nc4ncc(C(F)(F)F)cc4s3)cc2)cc1)C(=O)O. The molecule has 2 heterocycles. The van der Waals surface area contributed by atoms with Crippen molar-refractivity contribution in [2.45, 2.75) is 38.4 Å². The molecule has 2 aromatic heterocycles. The predicted octanol–water partition coefficient (Wildman–Crippen LogP) is 6.49. The fourth-order valence-corrected chi connectivity index (χ4v) is 4.50. The van der Waals surface area contributed by atoms with Gasteiger partial charge in [-0.15, -0.1) is 0 Å². The van der Waals surface area contributed by atoms with E-state index in [1.165, 1.54) is 0 Å². The predicted molar refractivity (Wildman–Crippen MR) is 136 cm³/mol. The van der Waals surface area contributed by atoms with E-state index >= 15 is 0 Å². The zero-order chi connectivity index (χ0) is 26.6. The molecule has 37 heavy (non-hydrogen) atoms. The van der Waals surface area contributed by atoms with Crippen LogP contribution in [0.4, 0.5) is 24.0 Å². The Morgan fingerprint density at radius 2 is 1.70 bits per heavy atom. The van der Waals surface area contributed by atoms with Crippen LogP contribution in [0, 0.1) is 0 Å². The molecule has 0 unspecified atom stereocenters. The lowest BCUT2D eigenvalue weighted by atomic mass is 10.0. The van der Waals surface area contributed by atoms with Gasteiger partial charge in [0.15, 0.2) is 10.8 Å². The number of amides is 1. The van der Waals surface area contributed by atoms with Crippen LogP contribution in [0.25, 0.3) is 21.5 Å². The Bertz CT molecular complexity index is 1400. The Labute approximate surface area is 214 Å². The van der Waals surface area contributed by atoms with Gasteiger partial charge in [0.25, 0.3) is 5.91 Å². The second-order valence-electron chi connectivity index (χ2n) is 8.35. The Morgan fingerprint density at radius 1 is 1.05 bits per heavy atom. The van der Waals surface area contributed by atoms with Crippen LogP contribution in [0.5, 0.6) is 0 Å². The lowest BCUT2D eigenvalue weighted by Gasteiger charge is -2.14. The maximum Gasteiger partial charge on any atom is 0.417 e. The van der Waals surface area contributed by atoms with E-state index in [2.05, 4.69) is 20.6 Å². The van der Waals surface area contributed by atoms with Crippen LogP contribution in [0.2, 0.25) is 0 Å². The average molecular weight is 529 g/mol. The molecular weight excluding hydrogens is 505 g/mol. The number of unbranched alkanes of at least 4 members (excludes halogenated alkanes) is 1. The van der Waals surface area contributed by atoms with Crippen LogP contribution in [-0.2, 0) is 11.0 Å². The summed E-state index contributed by atoms with van der Waals surface area (Å²) in [5, 5.41) is 15.4. The molecule has 0 saturated carbocycles. The minimum absolute atomic E-state index is 0.237. The Hall–Kier alpha value is -3.99. The average Bonchev–Trinajstić information content (AvgIpc) is 3.28. The summed E-state index contributed by atoms with van der Waals surface area (Å²) >= 11 is 1.08. The number of carboxylic acids is 1. The van der Waals surface area contributed by atoms with Gasteiger partial charge in [0.05, 0.1) is 10.3 Å². The number of hydrogen-bond donors (Lipinski definition) is 3. The van der Waals surface area contributed by atoms with E-state index in [1.54, 1.807) is 24.3 Å². The highest BCUT2D eigenvalue weighted by Crippen LogP contribution is 2.34. The number of carbonyl (C=O) groups is 2. The summed E-state index contributed by atoms with van der Waals surface area (Å²) < 4.78 is 39.1. The molecule has 0 aliphatic rings. The summed E-state index contributed by atoms with van der Waals surface area (Å²) in [4.78, 5) is 31.9. The highest BCUT2D eigenvalue weighted by molar-refractivity contribution is 7.22. The standard InChI is InChI=1S/C26H23F3N4O3S/c1-2-3-4-20(24(35)36)32-23(34)17-7-5-15(6-8-17)16-9-11-19(12-10-16)31-25-33-22-21(37-25)13-18(14-30-22)26(27,28)29/h5-14,20H,2-4H2,1H3,(H,32,34)(H,35,36)(H,30,31,33)/t20-/m0/s1. The molecule has 0 fully saturated rings. The van der Waals surface area contributed by atoms with Crippen molar-refractivity contribution in [1.82, 2.24) is 15.3 Å². The molecule has 0 radical (unpaired) electrons. The van der Waals surface area contributed by atoms with Crippen LogP contribution in [-0.4, -0.2) is 33.0 Å². The first kappa shape index (κ1) is 26.1. The highest BCUT2D eigenvalue weighted by Gasteiger charge is 2.31. The molecule has 0 spiro atoms. The van der Waals surface area contributed by atoms with Gasteiger partial charge in [-0.3, -0.25) is 4.79 Å². The zero-order valence-electron chi connectivity index (χ0n) is 19.7. The summed E-state index contributed by atoms with van der Waals surface area (Å²) in [5.41, 5.74) is 2.21. The fourth-order valence-electron chi connectivity index (χ4n) is 3.62. The number of fused-ring (bicyclic) bond motifs is 1. The van der Waals surface area contributed by atoms with Gasteiger partial charge in [-0.25, -0.2) is 9.78 Å². The number of benzene rings is 2. The van der Waals surface area contributed by atoms with Crippen LogP contribution in [0.15, 0.2) is 60.8 Å². The minimum Gasteiger partial charge on any atom is -0.480 e. The number of aromatic nitrogens is 2. The van der Waals surface area contributed by atoms with Crippen molar-refractivity contribution < 1.29 is 27.9 Å². The zero-order valence-corrected chi connectivity index (χ0v) is 20.5. The molecule has 4 aromatic rings. The normalized spacial score (nSPS) is 12.3.